The topological polar surface area (TPSA) is 58.6 Å². The standard InChI is InChI=1S/C22H30N2O3S2/c1-2-27-12-6-11-24(20(25)15-19-9-5-13-29-19)21(17-10-14-28-16-17)22(26)23-18-7-3-4-8-18/h5,9-10,13-14,16,18,21H,2-4,6-8,11-12,15H2,1H3,(H,23,26). The zero-order chi connectivity index (χ0) is 20.5. The lowest BCUT2D eigenvalue weighted by Crippen LogP contribution is -2.47. The summed E-state index contributed by atoms with van der Waals surface area (Å²) in [6.07, 6.45) is 5.39. The Kier molecular flexibility index (Phi) is 8.70. The van der Waals surface area contributed by atoms with Gasteiger partial charge in [0.15, 0.2) is 0 Å². The molecule has 1 fully saturated rings. The molecule has 0 bridgehead atoms. The number of carbonyl (C=O) groups excluding carboxylic acids is 2. The monoisotopic (exact) mass is 434 g/mol. The molecule has 2 aromatic rings. The molecule has 1 N–H and O–H groups in total. The van der Waals surface area contributed by atoms with Crippen LogP contribution < -0.4 is 5.32 Å². The first-order valence-corrected chi connectivity index (χ1v) is 12.2. The van der Waals surface area contributed by atoms with Gasteiger partial charge in [0.2, 0.25) is 11.8 Å². The van der Waals surface area contributed by atoms with Crippen molar-refractivity contribution in [3.05, 3.63) is 44.8 Å². The maximum absolute atomic E-state index is 13.3. The van der Waals surface area contributed by atoms with E-state index in [9.17, 15) is 9.59 Å². The number of rotatable bonds is 11. The quantitative estimate of drug-likeness (QED) is 0.533. The van der Waals surface area contributed by atoms with Gasteiger partial charge in [-0.2, -0.15) is 11.3 Å². The summed E-state index contributed by atoms with van der Waals surface area (Å²) in [7, 11) is 0. The lowest BCUT2D eigenvalue weighted by Gasteiger charge is -2.32. The highest BCUT2D eigenvalue weighted by molar-refractivity contribution is 7.10. The number of hydrogen-bond acceptors (Lipinski definition) is 5. The number of thiophene rings is 2. The maximum Gasteiger partial charge on any atom is 0.247 e. The highest BCUT2D eigenvalue weighted by Crippen LogP contribution is 2.27. The molecule has 7 heteroatoms. The molecule has 0 aliphatic heterocycles. The number of nitrogens with zero attached hydrogens (tertiary/aromatic N) is 1. The Morgan fingerprint density at radius 1 is 1.28 bits per heavy atom. The zero-order valence-electron chi connectivity index (χ0n) is 17.0. The van der Waals surface area contributed by atoms with Crippen LogP contribution in [0.1, 0.15) is 55.5 Å². The van der Waals surface area contributed by atoms with Gasteiger partial charge < -0.3 is 15.0 Å². The molecule has 5 nitrogen and oxygen atoms in total. The molecule has 0 spiro atoms. The third-order valence-corrected chi connectivity index (χ3v) is 6.82. The van der Waals surface area contributed by atoms with Crippen LogP contribution >= 0.6 is 22.7 Å². The summed E-state index contributed by atoms with van der Waals surface area (Å²) in [5, 5.41) is 9.13. The predicted octanol–water partition coefficient (Wildman–Crippen LogP) is 4.41. The van der Waals surface area contributed by atoms with Crippen molar-refractivity contribution in [3.8, 4) is 0 Å². The van der Waals surface area contributed by atoms with Crippen LogP contribution in [0.25, 0.3) is 0 Å². The van der Waals surface area contributed by atoms with E-state index in [2.05, 4.69) is 5.32 Å². The van der Waals surface area contributed by atoms with Gasteiger partial charge in [-0.25, -0.2) is 0 Å². The summed E-state index contributed by atoms with van der Waals surface area (Å²) in [6, 6.07) is 5.52. The molecule has 29 heavy (non-hydrogen) atoms. The Morgan fingerprint density at radius 3 is 2.76 bits per heavy atom. The van der Waals surface area contributed by atoms with Crippen molar-refractivity contribution in [2.45, 2.75) is 57.5 Å². The minimum atomic E-state index is -0.587. The fourth-order valence-electron chi connectivity index (χ4n) is 3.80. The largest absolute Gasteiger partial charge is 0.382 e. The van der Waals surface area contributed by atoms with E-state index in [4.69, 9.17) is 4.74 Å². The third-order valence-electron chi connectivity index (χ3n) is 5.24. The van der Waals surface area contributed by atoms with Crippen LogP contribution in [0.2, 0.25) is 0 Å². The predicted molar refractivity (Wildman–Crippen MR) is 118 cm³/mol. The Labute approximate surface area is 181 Å². The van der Waals surface area contributed by atoms with Crippen molar-refractivity contribution < 1.29 is 14.3 Å². The van der Waals surface area contributed by atoms with E-state index < -0.39 is 6.04 Å². The van der Waals surface area contributed by atoms with Gasteiger partial charge in [-0.15, -0.1) is 11.3 Å². The van der Waals surface area contributed by atoms with Crippen molar-refractivity contribution in [1.29, 1.82) is 0 Å². The van der Waals surface area contributed by atoms with Crippen molar-refractivity contribution in [1.82, 2.24) is 10.2 Å². The molecule has 2 heterocycles. The van der Waals surface area contributed by atoms with Gasteiger partial charge in [-0.05, 0) is 60.0 Å². The van der Waals surface area contributed by atoms with Crippen LogP contribution in [0.5, 0.6) is 0 Å². The SMILES string of the molecule is CCOCCCN(C(=O)Cc1cccs1)C(C(=O)NC1CCCC1)c1ccsc1. The third kappa shape index (κ3) is 6.39. The second-order valence-electron chi connectivity index (χ2n) is 7.34. The van der Waals surface area contributed by atoms with Gasteiger partial charge in [-0.3, -0.25) is 9.59 Å². The van der Waals surface area contributed by atoms with E-state index in [-0.39, 0.29) is 17.9 Å². The van der Waals surface area contributed by atoms with Crippen LogP contribution in [0.15, 0.2) is 34.3 Å². The molecular formula is C22H30N2O3S2. The van der Waals surface area contributed by atoms with Crippen LogP contribution in [-0.2, 0) is 20.7 Å². The second kappa shape index (κ2) is 11.5. The van der Waals surface area contributed by atoms with Gasteiger partial charge in [0.25, 0.3) is 0 Å². The van der Waals surface area contributed by atoms with E-state index >= 15 is 0 Å². The number of hydrogen-bond donors (Lipinski definition) is 1. The first-order chi connectivity index (χ1) is 14.2. The first kappa shape index (κ1) is 22.0. The highest BCUT2D eigenvalue weighted by atomic mass is 32.1. The molecule has 0 aromatic carbocycles. The average molecular weight is 435 g/mol. The summed E-state index contributed by atoms with van der Waals surface area (Å²) in [5.74, 6) is -0.0760. The Morgan fingerprint density at radius 2 is 2.10 bits per heavy atom. The lowest BCUT2D eigenvalue weighted by molar-refractivity contribution is -0.141. The minimum Gasteiger partial charge on any atom is -0.382 e. The maximum atomic E-state index is 13.3. The molecule has 1 unspecified atom stereocenters. The van der Waals surface area contributed by atoms with Gasteiger partial charge in [0, 0.05) is 30.7 Å². The molecule has 3 rings (SSSR count). The Balaban J connectivity index is 1.79. The second-order valence-corrected chi connectivity index (χ2v) is 9.16. The van der Waals surface area contributed by atoms with Crippen LogP contribution in [-0.4, -0.2) is 42.5 Å². The van der Waals surface area contributed by atoms with E-state index in [1.165, 1.54) is 0 Å². The molecule has 2 aromatic heterocycles. The lowest BCUT2D eigenvalue weighted by atomic mass is 10.1. The van der Waals surface area contributed by atoms with Gasteiger partial charge in [0.1, 0.15) is 6.04 Å². The van der Waals surface area contributed by atoms with Crippen LogP contribution in [0.4, 0.5) is 0 Å². The van der Waals surface area contributed by atoms with Gasteiger partial charge >= 0.3 is 0 Å². The average Bonchev–Trinajstić information content (AvgIpc) is 3.47. The number of amides is 2. The summed E-state index contributed by atoms with van der Waals surface area (Å²) < 4.78 is 5.47. The van der Waals surface area contributed by atoms with Gasteiger partial charge in [0.05, 0.1) is 6.42 Å². The van der Waals surface area contributed by atoms with Crippen LogP contribution in [0.3, 0.4) is 0 Å². The molecular weight excluding hydrogens is 404 g/mol. The molecule has 1 aliphatic rings. The van der Waals surface area contributed by atoms with Crippen molar-refractivity contribution in [3.63, 3.8) is 0 Å². The van der Waals surface area contributed by atoms with E-state index in [1.54, 1.807) is 27.6 Å². The van der Waals surface area contributed by atoms with Crippen molar-refractivity contribution >= 4 is 34.5 Å². The molecule has 1 atom stereocenters. The van der Waals surface area contributed by atoms with Gasteiger partial charge in [-0.1, -0.05) is 18.9 Å². The first-order valence-electron chi connectivity index (χ1n) is 10.4. The van der Waals surface area contributed by atoms with Crippen LogP contribution in [0, 0.1) is 0 Å². The van der Waals surface area contributed by atoms with E-state index in [0.29, 0.717) is 32.6 Å². The molecule has 158 valence electrons. The molecule has 0 saturated heterocycles. The Bertz CT molecular complexity index is 740. The normalized spacial score (nSPS) is 15.3. The highest BCUT2D eigenvalue weighted by Gasteiger charge is 2.33. The molecule has 1 aliphatic carbocycles. The fraction of sp³-hybridized carbons (Fsp3) is 0.545. The summed E-state index contributed by atoms with van der Waals surface area (Å²) in [5.41, 5.74) is 0.890. The summed E-state index contributed by atoms with van der Waals surface area (Å²) >= 11 is 3.13. The van der Waals surface area contributed by atoms with Crippen molar-refractivity contribution in [2.24, 2.45) is 0 Å². The van der Waals surface area contributed by atoms with E-state index in [1.807, 2.05) is 41.3 Å². The van der Waals surface area contributed by atoms with E-state index in [0.717, 1.165) is 36.1 Å². The molecule has 0 radical (unpaired) electrons. The fourth-order valence-corrected chi connectivity index (χ4v) is 5.17. The molecule has 1 saturated carbocycles. The number of carbonyl (C=O) groups is 2. The molecule has 2 amide bonds. The van der Waals surface area contributed by atoms with Crippen molar-refractivity contribution in [2.75, 3.05) is 19.8 Å². The number of ether oxygens (including phenoxy) is 1. The smallest absolute Gasteiger partial charge is 0.247 e. The zero-order valence-corrected chi connectivity index (χ0v) is 18.6. The summed E-state index contributed by atoms with van der Waals surface area (Å²) in [4.78, 5) is 29.3. The number of nitrogens with one attached hydrogen (secondary N) is 1. The minimum absolute atomic E-state index is 0.0123. The Hall–Kier alpha value is -1.70. The summed E-state index contributed by atoms with van der Waals surface area (Å²) in [6.45, 7) is 3.70.